The number of thiophene rings is 1. The maximum Gasteiger partial charge on any atom is 0.324 e. The van der Waals surface area contributed by atoms with Crippen molar-refractivity contribution in [1.29, 1.82) is 0 Å². The molecule has 1 aromatic heterocycles. The lowest BCUT2D eigenvalue weighted by atomic mass is 10.1. The quantitative estimate of drug-likeness (QED) is 0.598. The molecule has 0 radical (unpaired) electrons. The third kappa shape index (κ3) is 3.59. The monoisotopic (exact) mass is 336 g/mol. The molecule has 2 rings (SSSR count). The van der Waals surface area contributed by atoms with E-state index in [9.17, 15) is 14.9 Å². The van der Waals surface area contributed by atoms with Crippen LogP contribution < -0.4 is 9.47 Å². The summed E-state index contributed by atoms with van der Waals surface area (Å²) < 4.78 is 10.6. The highest BCUT2D eigenvalue weighted by molar-refractivity contribution is 7.17. The molecule has 0 N–H and O–H groups in total. The fraction of sp³-hybridized carbons (Fsp3) is 0.267. The molecule has 1 amide bonds. The zero-order valence-corrected chi connectivity index (χ0v) is 13.8. The minimum absolute atomic E-state index is 0.0549. The van der Waals surface area contributed by atoms with Gasteiger partial charge in [-0.2, -0.15) is 0 Å². The van der Waals surface area contributed by atoms with Gasteiger partial charge in [0.2, 0.25) is 0 Å². The van der Waals surface area contributed by atoms with Gasteiger partial charge in [0.25, 0.3) is 5.91 Å². The molecule has 7 nitrogen and oxygen atoms in total. The molecule has 122 valence electrons. The zero-order valence-electron chi connectivity index (χ0n) is 12.9. The van der Waals surface area contributed by atoms with Crippen LogP contribution in [0.1, 0.15) is 15.2 Å². The first-order valence-corrected chi connectivity index (χ1v) is 7.49. The van der Waals surface area contributed by atoms with Crippen LogP contribution >= 0.6 is 11.3 Å². The molecule has 23 heavy (non-hydrogen) atoms. The molecule has 8 heteroatoms. The van der Waals surface area contributed by atoms with Crippen molar-refractivity contribution >= 4 is 22.2 Å². The van der Waals surface area contributed by atoms with Crippen LogP contribution in [0.25, 0.3) is 0 Å². The lowest BCUT2D eigenvalue weighted by Gasteiger charge is -2.19. The highest BCUT2D eigenvalue weighted by atomic mass is 32.1. The Morgan fingerprint density at radius 3 is 2.57 bits per heavy atom. The normalized spacial score (nSPS) is 10.2. The minimum atomic E-state index is -0.507. The summed E-state index contributed by atoms with van der Waals surface area (Å²) in [6.45, 7) is 0.297. The van der Waals surface area contributed by atoms with E-state index >= 15 is 0 Å². The van der Waals surface area contributed by atoms with Crippen molar-refractivity contribution in [1.82, 2.24) is 4.90 Å². The number of nitrogens with zero attached hydrogens (tertiary/aromatic N) is 2. The van der Waals surface area contributed by atoms with Crippen LogP contribution in [0.4, 0.5) is 5.00 Å². The average molecular weight is 336 g/mol. The third-order valence-corrected chi connectivity index (χ3v) is 4.25. The van der Waals surface area contributed by atoms with Crippen LogP contribution in [0, 0.1) is 10.1 Å². The van der Waals surface area contributed by atoms with E-state index < -0.39 is 4.92 Å². The van der Waals surface area contributed by atoms with E-state index in [0.717, 1.165) is 16.9 Å². The molecular formula is C15H16N2O5S. The summed E-state index contributed by atoms with van der Waals surface area (Å²) in [7, 11) is 4.71. The highest BCUT2D eigenvalue weighted by Crippen LogP contribution is 2.32. The molecule has 1 aromatic carbocycles. The lowest BCUT2D eigenvalue weighted by Crippen LogP contribution is -2.25. The summed E-state index contributed by atoms with van der Waals surface area (Å²) >= 11 is 0.859. The number of amides is 1. The van der Waals surface area contributed by atoms with E-state index in [1.165, 1.54) is 24.1 Å². The second-order valence-electron chi connectivity index (χ2n) is 4.71. The topological polar surface area (TPSA) is 81.9 Å². The molecule has 2 aromatic rings. The standard InChI is InChI=1S/C15H16N2O5S/c1-16(15(18)12-7-8-13(23-12)17(19)20)9-10-5-4-6-11(21-2)14(10)22-3/h4-8H,9H2,1-3H3. The SMILES string of the molecule is COc1cccc(CN(C)C(=O)c2ccc([N+](=O)[O-])s2)c1OC. The largest absolute Gasteiger partial charge is 0.493 e. The number of ether oxygens (including phenoxy) is 2. The summed E-state index contributed by atoms with van der Waals surface area (Å²) in [6.07, 6.45) is 0. The molecule has 0 unspecified atom stereocenters. The number of methoxy groups -OCH3 is 2. The number of carbonyl (C=O) groups excluding carboxylic acids is 1. The van der Waals surface area contributed by atoms with Gasteiger partial charge in [-0.3, -0.25) is 14.9 Å². The van der Waals surface area contributed by atoms with Crippen LogP contribution in [0.5, 0.6) is 11.5 Å². The van der Waals surface area contributed by atoms with Crippen molar-refractivity contribution in [2.75, 3.05) is 21.3 Å². The van der Waals surface area contributed by atoms with E-state index in [1.54, 1.807) is 20.2 Å². The molecule has 0 atom stereocenters. The Labute approximate surface area is 137 Å². The Balaban J connectivity index is 2.19. The van der Waals surface area contributed by atoms with E-state index in [1.807, 2.05) is 12.1 Å². The molecule has 1 heterocycles. The number of hydrogen-bond acceptors (Lipinski definition) is 6. The Bertz CT molecular complexity index is 728. The molecule has 0 aliphatic carbocycles. The van der Waals surface area contributed by atoms with E-state index in [0.29, 0.717) is 22.9 Å². The molecule has 0 fully saturated rings. The van der Waals surface area contributed by atoms with Gasteiger partial charge in [0.15, 0.2) is 11.5 Å². The predicted molar refractivity (Wildman–Crippen MR) is 86.3 cm³/mol. The molecule has 0 aliphatic rings. The van der Waals surface area contributed by atoms with Gasteiger partial charge in [0, 0.05) is 25.2 Å². The molecule has 0 spiro atoms. The Hall–Kier alpha value is -2.61. The lowest BCUT2D eigenvalue weighted by molar-refractivity contribution is -0.380. The van der Waals surface area contributed by atoms with Crippen molar-refractivity contribution in [2.24, 2.45) is 0 Å². The van der Waals surface area contributed by atoms with Gasteiger partial charge in [-0.05, 0) is 12.1 Å². The second-order valence-corrected chi connectivity index (χ2v) is 5.77. The van der Waals surface area contributed by atoms with Crippen molar-refractivity contribution < 1.29 is 19.2 Å². The number of benzene rings is 1. The molecule has 0 saturated heterocycles. The first-order chi connectivity index (χ1) is 11.0. The van der Waals surface area contributed by atoms with Crippen LogP contribution in [0.3, 0.4) is 0 Å². The van der Waals surface area contributed by atoms with Crippen LogP contribution in [-0.2, 0) is 6.54 Å². The van der Waals surface area contributed by atoms with Crippen LogP contribution in [-0.4, -0.2) is 37.0 Å². The van der Waals surface area contributed by atoms with Crippen LogP contribution in [0.2, 0.25) is 0 Å². The summed E-state index contributed by atoms with van der Waals surface area (Å²) in [5.41, 5.74) is 0.786. The van der Waals surface area contributed by atoms with Gasteiger partial charge in [0.05, 0.1) is 24.0 Å². The summed E-state index contributed by atoms with van der Waals surface area (Å²) in [6, 6.07) is 8.21. The molecular weight excluding hydrogens is 320 g/mol. The fourth-order valence-electron chi connectivity index (χ4n) is 2.13. The highest BCUT2D eigenvalue weighted by Gasteiger charge is 2.20. The molecule has 0 saturated carbocycles. The number of nitro groups is 1. The first-order valence-electron chi connectivity index (χ1n) is 6.67. The van der Waals surface area contributed by atoms with Crippen molar-refractivity contribution in [3.05, 3.63) is 50.9 Å². The smallest absolute Gasteiger partial charge is 0.324 e. The van der Waals surface area contributed by atoms with Gasteiger partial charge in [-0.15, -0.1) is 0 Å². The van der Waals surface area contributed by atoms with Gasteiger partial charge in [-0.1, -0.05) is 23.5 Å². The van der Waals surface area contributed by atoms with Gasteiger partial charge in [-0.25, -0.2) is 0 Å². The summed E-state index contributed by atoms with van der Waals surface area (Å²) in [5.74, 6) is 0.859. The Morgan fingerprint density at radius 1 is 1.26 bits per heavy atom. The maximum atomic E-state index is 12.4. The predicted octanol–water partition coefficient (Wildman–Crippen LogP) is 2.95. The number of carbonyl (C=O) groups is 1. The number of hydrogen-bond donors (Lipinski definition) is 0. The number of para-hydroxylation sites is 1. The minimum Gasteiger partial charge on any atom is -0.493 e. The Morgan fingerprint density at radius 2 is 2.00 bits per heavy atom. The summed E-state index contributed by atoms with van der Waals surface area (Å²) in [4.78, 5) is 24.4. The maximum absolute atomic E-state index is 12.4. The van der Waals surface area contributed by atoms with E-state index in [-0.39, 0.29) is 10.9 Å². The first kappa shape index (κ1) is 16.8. The van der Waals surface area contributed by atoms with E-state index in [4.69, 9.17) is 9.47 Å². The van der Waals surface area contributed by atoms with Gasteiger partial charge < -0.3 is 14.4 Å². The third-order valence-electron chi connectivity index (χ3n) is 3.22. The van der Waals surface area contributed by atoms with Crippen molar-refractivity contribution in [3.8, 4) is 11.5 Å². The van der Waals surface area contributed by atoms with E-state index in [2.05, 4.69) is 0 Å². The molecule has 0 aliphatic heterocycles. The number of rotatable bonds is 6. The fourth-order valence-corrected chi connectivity index (χ4v) is 2.95. The Kier molecular flexibility index (Phi) is 5.17. The zero-order chi connectivity index (χ0) is 17.0. The van der Waals surface area contributed by atoms with Gasteiger partial charge in [0.1, 0.15) is 0 Å². The second kappa shape index (κ2) is 7.10. The average Bonchev–Trinajstić information content (AvgIpc) is 3.03. The molecule has 0 bridgehead atoms. The van der Waals surface area contributed by atoms with Gasteiger partial charge >= 0.3 is 5.00 Å². The summed E-state index contributed by atoms with van der Waals surface area (Å²) in [5, 5.41) is 10.7. The van der Waals surface area contributed by atoms with Crippen molar-refractivity contribution in [3.63, 3.8) is 0 Å². The van der Waals surface area contributed by atoms with Crippen LogP contribution in [0.15, 0.2) is 30.3 Å². The van der Waals surface area contributed by atoms with Crippen molar-refractivity contribution in [2.45, 2.75) is 6.54 Å².